The quantitative estimate of drug-likeness (QED) is 0.578. The Morgan fingerprint density at radius 1 is 1.36 bits per heavy atom. The summed E-state index contributed by atoms with van der Waals surface area (Å²) in [6, 6.07) is 5.16. The SMILES string of the molecule is O=C1N=Cc2ccc(Cl)cc21. The zero-order valence-electron chi connectivity index (χ0n) is 5.54. The van der Waals surface area contributed by atoms with Gasteiger partial charge >= 0.3 is 0 Å². The monoisotopic (exact) mass is 165 g/mol. The minimum atomic E-state index is -0.206. The summed E-state index contributed by atoms with van der Waals surface area (Å²) in [7, 11) is 0. The number of carbonyl (C=O) groups is 1. The molecule has 1 heterocycles. The Kier molecular flexibility index (Phi) is 1.29. The highest BCUT2D eigenvalue weighted by atomic mass is 35.5. The van der Waals surface area contributed by atoms with Crippen LogP contribution in [0.5, 0.6) is 0 Å². The van der Waals surface area contributed by atoms with E-state index in [4.69, 9.17) is 11.6 Å². The Morgan fingerprint density at radius 2 is 2.18 bits per heavy atom. The van der Waals surface area contributed by atoms with Crippen LogP contribution in [0.1, 0.15) is 15.9 Å². The summed E-state index contributed by atoms with van der Waals surface area (Å²) in [6.45, 7) is 0. The fourth-order valence-electron chi connectivity index (χ4n) is 1.02. The Labute approximate surface area is 68.5 Å². The average Bonchev–Trinajstić information content (AvgIpc) is 2.33. The lowest BCUT2D eigenvalue weighted by molar-refractivity contribution is 0.101. The average molecular weight is 166 g/mol. The van der Waals surface area contributed by atoms with Crippen molar-refractivity contribution in [2.75, 3.05) is 0 Å². The van der Waals surface area contributed by atoms with E-state index in [1.54, 1.807) is 24.4 Å². The van der Waals surface area contributed by atoms with Crippen LogP contribution in [0, 0.1) is 0 Å². The molecule has 0 saturated carbocycles. The van der Waals surface area contributed by atoms with E-state index in [0.717, 1.165) is 5.56 Å². The molecule has 2 nitrogen and oxygen atoms in total. The first-order chi connectivity index (χ1) is 5.27. The predicted octanol–water partition coefficient (Wildman–Crippen LogP) is 1.91. The van der Waals surface area contributed by atoms with E-state index in [9.17, 15) is 4.79 Å². The van der Waals surface area contributed by atoms with Gasteiger partial charge in [0.05, 0.1) is 5.56 Å². The molecule has 0 aromatic heterocycles. The molecule has 1 amide bonds. The van der Waals surface area contributed by atoms with E-state index in [1.165, 1.54) is 0 Å². The third kappa shape index (κ3) is 0.955. The van der Waals surface area contributed by atoms with Crippen LogP contribution in [-0.4, -0.2) is 12.1 Å². The van der Waals surface area contributed by atoms with Crippen molar-refractivity contribution in [1.29, 1.82) is 0 Å². The van der Waals surface area contributed by atoms with Gasteiger partial charge in [-0.25, -0.2) is 4.99 Å². The molecule has 3 heteroatoms. The Morgan fingerprint density at radius 3 is 3.00 bits per heavy atom. The summed E-state index contributed by atoms with van der Waals surface area (Å²) in [5.41, 5.74) is 1.44. The fourth-order valence-corrected chi connectivity index (χ4v) is 1.20. The lowest BCUT2D eigenvalue weighted by Crippen LogP contribution is -1.90. The number of fused-ring (bicyclic) bond motifs is 1. The van der Waals surface area contributed by atoms with E-state index in [0.29, 0.717) is 10.6 Å². The molecular formula is C8H4ClNO. The van der Waals surface area contributed by atoms with Gasteiger partial charge in [0, 0.05) is 16.8 Å². The van der Waals surface area contributed by atoms with Gasteiger partial charge in [-0.15, -0.1) is 0 Å². The molecular weight excluding hydrogens is 162 g/mol. The number of nitrogens with zero attached hydrogens (tertiary/aromatic N) is 1. The molecule has 0 fully saturated rings. The summed E-state index contributed by atoms with van der Waals surface area (Å²) in [4.78, 5) is 14.6. The number of benzene rings is 1. The Hall–Kier alpha value is -1.15. The van der Waals surface area contributed by atoms with Crippen LogP contribution in [0.4, 0.5) is 0 Å². The maximum atomic E-state index is 11.0. The van der Waals surface area contributed by atoms with Crippen LogP contribution in [0.3, 0.4) is 0 Å². The fraction of sp³-hybridized carbons (Fsp3) is 0. The van der Waals surface area contributed by atoms with Crippen LogP contribution >= 0.6 is 11.6 Å². The van der Waals surface area contributed by atoms with Gasteiger partial charge in [-0.05, 0) is 12.1 Å². The zero-order valence-corrected chi connectivity index (χ0v) is 6.30. The van der Waals surface area contributed by atoms with Crippen molar-refractivity contribution in [2.24, 2.45) is 4.99 Å². The third-order valence-corrected chi connectivity index (χ3v) is 1.80. The van der Waals surface area contributed by atoms with Crippen molar-refractivity contribution >= 4 is 23.7 Å². The summed E-state index contributed by atoms with van der Waals surface area (Å²) >= 11 is 5.68. The molecule has 1 aromatic rings. The molecule has 0 N–H and O–H groups in total. The van der Waals surface area contributed by atoms with Crippen molar-refractivity contribution in [3.8, 4) is 0 Å². The first kappa shape index (κ1) is 6.55. The standard InChI is InChI=1S/C8H4ClNO/c9-6-2-1-5-4-10-8(11)7(5)3-6/h1-4H. The molecule has 1 aliphatic rings. The van der Waals surface area contributed by atoms with Crippen LogP contribution in [0.25, 0.3) is 0 Å². The first-order valence-corrected chi connectivity index (χ1v) is 3.53. The van der Waals surface area contributed by atoms with Gasteiger partial charge in [0.2, 0.25) is 0 Å². The number of hydrogen-bond donors (Lipinski definition) is 0. The molecule has 54 valence electrons. The number of rotatable bonds is 0. The summed E-state index contributed by atoms with van der Waals surface area (Å²) in [6.07, 6.45) is 1.55. The van der Waals surface area contributed by atoms with Crippen LogP contribution in [-0.2, 0) is 0 Å². The van der Waals surface area contributed by atoms with Crippen molar-refractivity contribution in [2.45, 2.75) is 0 Å². The molecule has 0 aliphatic carbocycles. The smallest absolute Gasteiger partial charge is 0.267 e. The summed E-state index contributed by atoms with van der Waals surface area (Å²) < 4.78 is 0. The first-order valence-electron chi connectivity index (χ1n) is 3.15. The van der Waals surface area contributed by atoms with Gasteiger partial charge in [0.1, 0.15) is 0 Å². The van der Waals surface area contributed by atoms with Gasteiger partial charge in [0.25, 0.3) is 5.91 Å². The highest BCUT2D eigenvalue weighted by molar-refractivity contribution is 6.31. The topological polar surface area (TPSA) is 29.4 Å². The van der Waals surface area contributed by atoms with Gasteiger partial charge in [0.15, 0.2) is 0 Å². The van der Waals surface area contributed by atoms with Crippen molar-refractivity contribution in [1.82, 2.24) is 0 Å². The van der Waals surface area contributed by atoms with Crippen molar-refractivity contribution in [3.05, 3.63) is 34.3 Å². The van der Waals surface area contributed by atoms with E-state index in [1.807, 2.05) is 0 Å². The predicted molar refractivity (Wildman–Crippen MR) is 43.4 cm³/mol. The van der Waals surface area contributed by atoms with Crippen LogP contribution in [0.2, 0.25) is 5.02 Å². The second-order valence-electron chi connectivity index (χ2n) is 2.29. The van der Waals surface area contributed by atoms with Crippen LogP contribution in [0.15, 0.2) is 23.2 Å². The molecule has 0 atom stereocenters. The Bertz CT molecular complexity index is 357. The second kappa shape index (κ2) is 2.17. The lowest BCUT2D eigenvalue weighted by Gasteiger charge is -1.93. The van der Waals surface area contributed by atoms with Crippen molar-refractivity contribution in [3.63, 3.8) is 0 Å². The number of amides is 1. The summed E-state index contributed by atoms with van der Waals surface area (Å²) in [5.74, 6) is -0.206. The molecule has 1 aromatic carbocycles. The molecule has 0 unspecified atom stereocenters. The second-order valence-corrected chi connectivity index (χ2v) is 2.73. The maximum Gasteiger partial charge on any atom is 0.277 e. The minimum Gasteiger partial charge on any atom is -0.267 e. The van der Waals surface area contributed by atoms with Gasteiger partial charge in [-0.2, -0.15) is 0 Å². The van der Waals surface area contributed by atoms with Crippen molar-refractivity contribution < 1.29 is 4.79 Å². The number of halogens is 1. The molecule has 0 radical (unpaired) electrons. The number of aliphatic imine (C=N–C) groups is 1. The normalized spacial score (nSPS) is 13.7. The van der Waals surface area contributed by atoms with E-state index < -0.39 is 0 Å². The number of hydrogen-bond acceptors (Lipinski definition) is 1. The highest BCUT2D eigenvalue weighted by Gasteiger charge is 2.14. The molecule has 2 rings (SSSR count). The van der Waals surface area contributed by atoms with Crippen LogP contribution < -0.4 is 0 Å². The van der Waals surface area contributed by atoms with E-state index in [-0.39, 0.29) is 5.91 Å². The van der Waals surface area contributed by atoms with Gasteiger partial charge in [-0.1, -0.05) is 17.7 Å². The lowest BCUT2D eigenvalue weighted by atomic mass is 10.1. The molecule has 0 spiro atoms. The summed E-state index contributed by atoms with van der Waals surface area (Å²) in [5, 5.41) is 0.572. The molecule has 0 saturated heterocycles. The third-order valence-electron chi connectivity index (χ3n) is 1.57. The molecule has 11 heavy (non-hydrogen) atoms. The molecule has 0 bridgehead atoms. The molecule has 1 aliphatic heterocycles. The van der Waals surface area contributed by atoms with E-state index in [2.05, 4.69) is 4.99 Å². The number of carbonyl (C=O) groups excluding carboxylic acids is 1. The highest BCUT2D eigenvalue weighted by Crippen LogP contribution is 2.18. The maximum absolute atomic E-state index is 11.0. The van der Waals surface area contributed by atoms with Gasteiger partial charge in [-0.3, -0.25) is 4.79 Å². The van der Waals surface area contributed by atoms with Gasteiger partial charge < -0.3 is 0 Å². The van der Waals surface area contributed by atoms with E-state index >= 15 is 0 Å². The zero-order chi connectivity index (χ0) is 7.84. The Balaban J connectivity index is 2.67. The largest absolute Gasteiger partial charge is 0.277 e. The minimum absolute atomic E-state index is 0.206.